The number of hydrogen-bond acceptors (Lipinski definition) is 3. The lowest BCUT2D eigenvalue weighted by Crippen LogP contribution is -2.13. The number of rotatable bonds is 4. The van der Waals surface area contributed by atoms with Gasteiger partial charge in [-0.2, -0.15) is 0 Å². The number of hydrogen-bond donors (Lipinski definition) is 1. The van der Waals surface area contributed by atoms with E-state index in [-0.39, 0.29) is 6.04 Å². The predicted octanol–water partition coefficient (Wildman–Crippen LogP) is 3.51. The Bertz CT molecular complexity index is 462. The number of nitrogens with zero attached hydrogens (tertiary/aromatic N) is 1. The van der Waals surface area contributed by atoms with Crippen molar-refractivity contribution < 1.29 is 0 Å². The Kier molecular flexibility index (Phi) is 3.92. The standard InChI is InChI=1S/C14H18N2S/c1-10(2)13-9-17-14(16-13)12(15)8-11-6-4-3-5-7-11/h3-7,9-10,12H,8,15H2,1-2H3. The van der Waals surface area contributed by atoms with E-state index in [1.165, 1.54) is 5.56 Å². The van der Waals surface area contributed by atoms with Crippen LogP contribution in [0.3, 0.4) is 0 Å². The molecule has 0 bridgehead atoms. The van der Waals surface area contributed by atoms with Crippen molar-refractivity contribution in [3.05, 3.63) is 52.0 Å². The minimum Gasteiger partial charge on any atom is -0.322 e. The summed E-state index contributed by atoms with van der Waals surface area (Å²) in [6.07, 6.45) is 0.853. The van der Waals surface area contributed by atoms with Crippen molar-refractivity contribution >= 4 is 11.3 Å². The summed E-state index contributed by atoms with van der Waals surface area (Å²) in [5, 5.41) is 3.16. The van der Waals surface area contributed by atoms with Crippen LogP contribution in [0.5, 0.6) is 0 Å². The second-order valence-corrected chi connectivity index (χ2v) is 5.45. The summed E-state index contributed by atoms with van der Waals surface area (Å²) < 4.78 is 0. The van der Waals surface area contributed by atoms with Crippen molar-refractivity contribution in [3.63, 3.8) is 0 Å². The van der Waals surface area contributed by atoms with Crippen molar-refractivity contribution in [3.8, 4) is 0 Å². The summed E-state index contributed by atoms with van der Waals surface area (Å²) in [6, 6.07) is 10.3. The third kappa shape index (κ3) is 3.14. The molecule has 1 aromatic heterocycles. The number of aromatic nitrogens is 1. The van der Waals surface area contributed by atoms with E-state index in [9.17, 15) is 0 Å². The molecule has 2 aromatic rings. The number of nitrogens with two attached hydrogens (primary N) is 1. The van der Waals surface area contributed by atoms with Gasteiger partial charge >= 0.3 is 0 Å². The minimum absolute atomic E-state index is 0.00917. The van der Waals surface area contributed by atoms with Gasteiger partial charge < -0.3 is 5.73 Å². The van der Waals surface area contributed by atoms with Gasteiger partial charge in [-0.05, 0) is 17.9 Å². The molecule has 2 rings (SSSR count). The van der Waals surface area contributed by atoms with Crippen LogP contribution in [0.2, 0.25) is 0 Å². The average Bonchev–Trinajstić information content (AvgIpc) is 2.79. The lowest BCUT2D eigenvalue weighted by atomic mass is 10.1. The molecule has 1 unspecified atom stereocenters. The topological polar surface area (TPSA) is 38.9 Å². The molecular formula is C14H18N2S. The molecule has 2 nitrogen and oxygen atoms in total. The fourth-order valence-electron chi connectivity index (χ4n) is 1.69. The molecule has 90 valence electrons. The third-order valence-corrected chi connectivity index (χ3v) is 3.74. The van der Waals surface area contributed by atoms with Crippen molar-refractivity contribution in [2.75, 3.05) is 0 Å². The summed E-state index contributed by atoms with van der Waals surface area (Å²) in [6.45, 7) is 4.31. The van der Waals surface area contributed by atoms with Gasteiger partial charge in [0.15, 0.2) is 0 Å². The minimum atomic E-state index is 0.00917. The fourth-order valence-corrected chi connectivity index (χ4v) is 2.67. The third-order valence-electron chi connectivity index (χ3n) is 2.75. The van der Waals surface area contributed by atoms with Crippen molar-refractivity contribution in [2.45, 2.75) is 32.2 Å². The zero-order chi connectivity index (χ0) is 12.3. The molecule has 1 atom stereocenters. The zero-order valence-corrected chi connectivity index (χ0v) is 11.1. The van der Waals surface area contributed by atoms with Crippen molar-refractivity contribution in [1.29, 1.82) is 0 Å². The second kappa shape index (κ2) is 5.43. The van der Waals surface area contributed by atoms with Crippen LogP contribution in [0.1, 0.15) is 42.1 Å². The average molecular weight is 246 g/mol. The first-order chi connectivity index (χ1) is 8.16. The summed E-state index contributed by atoms with van der Waals surface area (Å²) >= 11 is 1.67. The van der Waals surface area contributed by atoms with Crippen LogP contribution < -0.4 is 5.73 Å². The Labute approximate surface area is 107 Å². The lowest BCUT2D eigenvalue weighted by molar-refractivity contribution is 0.704. The largest absolute Gasteiger partial charge is 0.322 e. The fraction of sp³-hybridized carbons (Fsp3) is 0.357. The highest BCUT2D eigenvalue weighted by molar-refractivity contribution is 7.09. The molecule has 0 aliphatic carbocycles. The van der Waals surface area contributed by atoms with Gasteiger partial charge in [-0.15, -0.1) is 11.3 Å². The second-order valence-electron chi connectivity index (χ2n) is 4.56. The molecule has 1 heterocycles. The quantitative estimate of drug-likeness (QED) is 0.896. The summed E-state index contributed by atoms with van der Waals surface area (Å²) in [4.78, 5) is 4.60. The molecular weight excluding hydrogens is 228 g/mol. The van der Waals surface area contributed by atoms with Crippen LogP contribution in [0.4, 0.5) is 0 Å². The molecule has 0 saturated carbocycles. The zero-order valence-electron chi connectivity index (χ0n) is 10.3. The molecule has 0 fully saturated rings. The first-order valence-electron chi connectivity index (χ1n) is 5.91. The highest BCUT2D eigenvalue weighted by atomic mass is 32.1. The van der Waals surface area contributed by atoms with Crippen molar-refractivity contribution in [1.82, 2.24) is 4.98 Å². The van der Waals surface area contributed by atoms with Gasteiger partial charge in [0, 0.05) is 5.38 Å². The maximum atomic E-state index is 6.19. The molecule has 1 aromatic carbocycles. The van der Waals surface area contributed by atoms with Gasteiger partial charge in [-0.25, -0.2) is 4.98 Å². The van der Waals surface area contributed by atoms with E-state index in [0.29, 0.717) is 5.92 Å². The number of thiazole rings is 1. The lowest BCUT2D eigenvalue weighted by Gasteiger charge is -2.08. The number of benzene rings is 1. The predicted molar refractivity (Wildman–Crippen MR) is 73.3 cm³/mol. The monoisotopic (exact) mass is 246 g/mol. The normalized spacial score (nSPS) is 12.9. The van der Waals surface area contributed by atoms with Crippen LogP contribution in [-0.4, -0.2) is 4.98 Å². The Morgan fingerprint density at radius 3 is 2.53 bits per heavy atom. The van der Waals surface area contributed by atoms with E-state index in [0.717, 1.165) is 17.1 Å². The smallest absolute Gasteiger partial charge is 0.110 e. The van der Waals surface area contributed by atoms with E-state index in [4.69, 9.17) is 5.73 Å². The molecule has 0 aliphatic rings. The Hall–Kier alpha value is -1.19. The maximum absolute atomic E-state index is 6.19. The van der Waals surface area contributed by atoms with Crippen LogP contribution in [0, 0.1) is 0 Å². The van der Waals surface area contributed by atoms with Crippen molar-refractivity contribution in [2.24, 2.45) is 5.73 Å². The highest BCUT2D eigenvalue weighted by Gasteiger charge is 2.12. The van der Waals surface area contributed by atoms with Gasteiger partial charge in [0.25, 0.3) is 0 Å². The first-order valence-corrected chi connectivity index (χ1v) is 6.79. The van der Waals surface area contributed by atoms with Gasteiger partial charge in [0.2, 0.25) is 0 Å². The van der Waals surface area contributed by atoms with Gasteiger partial charge in [0.05, 0.1) is 11.7 Å². The summed E-state index contributed by atoms with van der Waals surface area (Å²) in [7, 11) is 0. The van der Waals surface area contributed by atoms with E-state index >= 15 is 0 Å². The van der Waals surface area contributed by atoms with E-state index in [1.807, 2.05) is 18.2 Å². The first kappa shape index (κ1) is 12.3. The van der Waals surface area contributed by atoms with Crippen LogP contribution in [-0.2, 0) is 6.42 Å². The Balaban J connectivity index is 2.07. The molecule has 0 radical (unpaired) electrons. The van der Waals surface area contributed by atoms with Crippen LogP contribution in [0.15, 0.2) is 35.7 Å². The van der Waals surface area contributed by atoms with Gasteiger partial charge in [-0.1, -0.05) is 44.2 Å². The molecule has 2 N–H and O–H groups in total. The summed E-state index contributed by atoms with van der Waals surface area (Å²) in [5.41, 5.74) is 8.60. The van der Waals surface area contributed by atoms with Gasteiger partial charge in [0.1, 0.15) is 5.01 Å². The Morgan fingerprint density at radius 1 is 1.24 bits per heavy atom. The molecule has 0 spiro atoms. The molecule has 3 heteroatoms. The maximum Gasteiger partial charge on any atom is 0.110 e. The molecule has 17 heavy (non-hydrogen) atoms. The van der Waals surface area contributed by atoms with Crippen LogP contribution >= 0.6 is 11.3 Å². The Morgan fingerprint density at radius 2 is 1.94 bits per heavy atom. The van der Waals surface area contributed by atoms with E-state index in [2.05, 4.69) is 36.3 Å². The summed E-state index contributed by atoms with van der Waals surface area (Å²) in [5.74, 6) is 0.476. The molecule has 0 amide bonds. The molecule has 0 aliphatic heterocycles. The SMILES string of the molecule is CC(C)c1csc(C(N)Cc2ccccc2)n1. The van der Waals surface area contributed by atoms with Gasteiger partial charge in [-0.3, -0.25) is 0 Å². The van der Waals surface area contributed by atoms with E-state index in [1.54, 1.807) is 11.3 Å². The van der Waals surface area contributed by atoms with E-state index < -0.39 is 0 Å². The molecule has 0 saturated heterocycles. The highest BCUT2D eigenvalue weighted by Crippen LogP contribution is 2.23. The van der Waals surface area contributed by atoms with Crippen LogP contribution in [0.25, 0.3) is 0 Å².